The molecule has 0 amide bonds. The molecule has 4 heteroatoms. The summed E-state index contributed by atoms with van der Waals surface area (Å²) in [4.78, 5) is 6.38. The number of anilines is 1. The Labute approximate surface area is 108 Å². The van der Waals surface area contributed by atoms with E-state index in [1.165, 1.54) is 0 Å². The Hall–Kier alpha value is -1.13. The molecule has 0 aromatic carbocycles. The van der Waals surface area contributed by atoms with E-state index in [4.69, 9.17) is 0 Å². The highest BCUT2D eigenvalue weighted by atomic mass is 16.3. The number of aromatic nitrogens is 1. The molecule has 4 nitrogen and oxygen atoms in total. The lowest BCUT2D eigenvalue weighted by molar-refractivity contribution is 0.105. The molecule has 2 unspecified atom stereocenters. The maximum atomic E-state index is 10.1. The minimum atomic E-state index is -0.545. The molecule has 100 valence electrons. The van der Waals surface area contributed by atoms with Crippen LogP contribution in [0.25, 0.3) is 0 Å². The van der Waals surface area contributed by atoms with Crippen molar-refractivity contribution in [3.8, 4) is 0 Å². The Morgan fingerprint density at radius 2 is 2.11 bits per heavy atom. The molecular weight excluding hydrogens is 228 g/mol. The maximum absolute atomic E-state index is 10.1. The Morgan fingerprint density at radius 3 is 2.78 bits per heavy atom. The highest BCUT2D eigenvalue weighted by Crippen LogP contribution is 2.29. The van der Waals surface area contributed by atoms with Crippen molar-refractivity contribution in [3.05, 3.63) is 23.9 Å². The van der Waals surface area contributed by atoms with Crippen LogP contribution in [0.2, 0.25) is 0 Å². The summed E-state index contributed by atoms with van der Waals surface area (Å²) in [5.41, 5.74) is 0.817. The molecule has 0 radical (unpaired) electrons. The topological polar surface area (TPSA) is 56.6 Å². The van der Waals surface area contributed by atoms with Crippen LogP contribution in [0.1, 0.15) is 44.3 Å². The number of hydrogen-bond donors (Lipinski definition) is 2. The van der Waals surface area contributed by atoms with Gasteiger partial charge in [0.25, 0.3) is 0 Å². The monoisotopic (exact) mass is 250 g/mol. The van der Waals surface area contributed by atoms with Gasteiger partial charge in [-0.2, -0.15) is 0 Å². The van der Waals surface area contributed by atoms with Gasteiger partial charge in [-0.25, -0.2) is 4.98 Å². The van der Waals surface area contributed by atoms with Crippen LogP contribution in [-0.2, 0) is 0 Å². The fourth-order valence-electron chi connectivity index (χ4n) is 2.73. The van der Waals surface area contributed by atoms with Gasteiger partial charge in [0.1, 0.15) is 5.82 Å². The molecule has 2 rings (SSSR count). The minimum Gasteiger partial charge on any atom is -0.391 e. The lowest BCUT2D eigenvalue weighted by Crippen LogP contribution is -2.44. The standard InChI is InChI=1S/C14H22N2O2/c1-10(17)11-6-5-9-15-14(11)16(2)12-7-3-4-8-13(12)18/h5-6,9-10,12-13,17-18H,3-4,7-8H2,1-2H3/t10-,12?,13?/m1/s1. The first-order valence-corrected chi connectivity index (χ1v) is 6.65. The van der Waals surface area contributed by atoms with Gasteiger partial charge in [0.2, 0.25) is 0 Å². The second-order valence-electron chi connectivity index (χ2n) is 5.12. The average Bonchev–Trinajstić information content (AvgIpc) is 2.38. The quantitative estimate of drug-likeness (QED) is 0.860. The number of likely N-dealkylation sites (N-methyl/N-ethyl adjacent to an activating group) is 1. The lowest BCUT2D eigenvalue weighted by Gasteiger charge is -2.37. The molecule has 1 aromatic heterocycles. The fraction of sp³-hybridized carbons (Fsp3) is 0.643. The summed E-state index contributed by atoms with van der Waals surface area (Å²) >= 11 is 0. The Morgan fingerprint density at radius 1 is 1.39 bits per heavy atom. The Balaban J connectivity index is 2.24. The van der Waals surface area contributed by atoms with Crippen LogP contribution >= 0.6 is 0 Å². The van der Waals surface area contributed by atoms with E-state index in [1.54, 1.807) is 13.1 Å². The largest absolute Gasteiger partial charge is 0.391 e. The molecule has 3 atom stereocenters. The van der Waals surface area contributed by atoms with Crippen molar-refractivity contribution in [2.75, 3.05) is 11.9 Å². The second kappa shape index (κ2) is 5.67. The van der Waals surface area contributed by atoms with Crippen LogP contribution in [0.4, 0.5) is 5.82 Å². The molecule has 1 heterocycles. The van der Waals surface area contributed by atoms with Crippen molar-refractivity contribution >= 4 is 5.82 Å². The molecule has 1 aliphatic carbocycles. The van der Waals surface area contributed by atoms with E-state index < -0.39 is 6.10 Å². The van der Waals surface area contributed by atoms with E-state index in [2.05, 4.69) is 4.98 Å². The molecule has 0 bridgehead atoms. The van der Waals surface area contributed by atoms with Crippen molar-refractivity contribution in [2.45, 2.75) is 50.9 Å². The summed E-state index contributed by atoms with van der Waals surface area (Å²) in [5.74, 6) is 0.776. The van der Waals surface area contributed by atoms with Crippen LogP contribution in [0.5, 0.6) is 0 Å². The van der Waals surface area contributed by atoms with E-state index in [1.807, 2.05) is 24.1 Å². The van der Waals surface area contributed by atoms with Gasteiger partial charge in [0.15, 0.2) is 0 Å². The molecule has 2 N–H and O–H groups in total. The van der Waals surface area contributed by atoms with Gasteiger partial charge in [-0.3, -0.25) is 0 Å². The number of pyridine rings is 1. The summed E-state index contributed by atoms with van der Waals surface area (Å²) in [6.07, 6.45) is 4.95. The van der Waals surface area contributed by atoms with Gasteiger partial charge < -0.3 is 15.1 Å². The summed E-state index contributed by atoms with van der Waals surface area (Å²) < 4.78 is 0. The third kappa shape index (κ3) is 2.65. The van der Waals surface area contributed by atoms with Crippen molar-refractivity contribution in [1.29, 1.82) is 0 Å². The third-order valence-corrected chi connectivity index (χ3v) is 3.79. The van der Waals surface area contributed by atoms with Gasteiger partial charge in [-0.1, -0.05) is 18.9 Å². The van der Waals surface area contributed by atoms with Crippen LogP contribution in [0, 0.1) is 0 Å². The molecule has 1 aromatic rings. The smallest absolute Gasteiger partial charge is 0.134 e. The maximum Gasteiger partial charge on any atom is 0.134 e. The third-order valence-electron chi connectivity index (χ3n) is 3.79. The summed E-state index contributed by atoms with van der Waals surface area (Å²) in [6.45, 7) is 1.74. The molecule has 0 spiro atoms. The zero-order valence-corrected chi connectivity index (χ0v) is 11.1. The Bertz CT molecular complexity index is 395. The summed E-state index contributed by atoms with van der Waals surface area (Å²) in [5, 5.41) is 19.9. The zero-order chi connectivity index (χ0) is 13.1. The molecule has 1 fully saturated rings. The molecule has 1 aliphatic rings. The number of hydrogen-bond acceptors (Lipinski definition) is 4. The summed E-state index contributed by atoms with van der Waals surface area (Å²) in [6, 6.07) is 3.82. The van der Waals surface area contributed by atoms with E-state index in [9.17, 15) is 10.2 Å². The number of rotatable bonds is 3. The first-order chi connectivity index (χ1) is 8.61. The van der Waals surface area contributed by atoms with Crippen molar-refractivity contribution < 1.29 is 10.2 Å². The normalized spacial score (nSPS) is 25.8. The van der Waals surface area contributed by atoms with Crippen molar-refractivity contribution in [2.24, 2.45) is 0 Å². The van der Waals surface area contributed by atoms with Gasteiger partial charge in [-0.05, 0) is 25.8 Å². The highest BCUT2D eigenvalue weighted by Gasteiger charge is 2.28. The molecular formula is C14H22N2O2. The first kappa shape index (κ1) is 13.3. The van der Waals surface area contributed by atoms with Crippen LogP contribution in [0.3, 0.4) is 0 Å². The van der Waals surface area contributed by atoms with Crippen LogP contribution in [-0.4, -0.2) is 34.4 Å². The zero-order valence-electron chi connectivity index (χ0n) is 11.1. The van der Waals surface area contributed by atoms with Crippen molar-refractivity contribution in [1.82, 2.24) is 4.98 Å². The fourth-order valence-corrected chi connectivity index (χ4v) is 2.73. The number of aliphatic hydroxyl groups excluding tert-OH is 2. The van der Waals surface area contributed by atoms with Gasteiger partial charge in [0, 0.05) is 18.8 Å². The summed E-state index contributed by atoms with van der Waals surface area (Å²) in [7, 11) is 1.95. The molecule has 0 aliphatic heterocycles. The van der Waals surface area contributed by atoms with Crippen molar-refractivity contribution in [3.63, 3.8) is 0 Å². The molecule has 18 heavy (non-hydrogen) atoms. The first-order valence-electron chi connectivity index (χ1n) is 6.65. The molecule has 1 saturated carbocycles. The lowest BCUT2D eigenvalue weighted by atomic mass is 9.91. The molecule has 0 saturated heterocycles. The van der Waals surface area contributed by atoms with Crippen LogP contribution < -0.4 is 4.90 Å². The van der Waals surface area contributed by atoms with Gasteiger partial charge in [-0.15, -0.1) is 0 Å². The predicted molar refractivity (Wildman–Crippen MR) is 71.5 cm³/mol. The Kier molecular flexibility index (Phi) is 4.19. The predicted octanol–water partition coefficient (Wildman–Crippen LogP) is 1.87. The van der Waals surface area contributed by atoms with E-state index in [0.29, 0.717) is 0 Å². The minimum absolute atomic E-state index is 0.103. The van der Waals surface area contributed by atoms with E-state index in [0.717, 1.165) is 37.1 Å². The SMILES string of the molecule is C[C@@H](O)c1cccnc1N(C)C1CCCCC1O. The average molecular weight is 250 g/mol. The highest BCUT2D eigenvalue weighted by molar-refractivity contribution is 5.48. The van der Waals surface area contributed by atoms with Crippen LogP contribution in [0.15, 0.2) is 18.3 Å². The van der Waals surface area contributed by atoms with E-state index >= 15 is 0 Å². The van der Waals surface area contributed by atoms with E-state index in [-0.39, 0.29) is 12.1 Å². The second-order valence-corrected chi connectivity index (χ2v) is 5.12. The number of aliphatic hydroxyl groups is 2. The number of nitrogens with zero attached hydrogens (tertiary/aromatic N) is 2. The van der Waals surface area contributed by atoms with Gasteiger partial charge >= 0.3 is 0 Å². The van der Waals surface area contributed by atoms with Gasteiger partial charge in [0.05, 0.1) is 18.2 Å².